The number of carbonyl (C=O) groups is 1. The summed E-state index contributed by atoms with van der Waals surface area (Å²) >= 11 is 0. The third kappa shape index (κ3) is 2.65. The van der Waals surface area contributed by atoms with Gasteiger partial charge in [0.05, 0.1) is 36.3 Å². The number of carboxylic acid groups (broad SMARTS) is 1. The van der Waals surface area contributed by atoms with Crippen molar-refractivity contribution in [3.63, 3.8) is 0 Å². The van der Waals surface area contributed by atoms with E-state index >= 15 is 0 Å². The van der Waals surface area contributed by atoms with Gasteiger partial charge < -0.3 is 14.4 Å². The Balaban J connectivity index is 2.03. The van der Waals surface area contributed by atoms with E-state index in [2.05, 4.69) is 4.98 Å². The molecule has 1 N–H and O–H groups in total. The highest BCUT2D eigenvalue weighted by Crippen LogP contribution is 2.29. The minimum Gasteiger partial charge on any atom is -0.497 e. The van der Waals surface area contributed by atoms with Gasteiger partial charge in [-0.3, -0.25) is 4.79 Å². The van der Waals surface area contributed by atoms with E-state index in [1.165, 1.54) is 31.4 Å². The van der Waals surface area contributed by atoms with Crippen LogP contribution in [0, 0.1) is 0 Å². The van der Waals surface area contributed by atoms with Gasteiger partial charge in [-0.1, -0.05) is 0 Å². The summed E-state index contributed by atoms with van der Waals surface area (Å²) in [7, 11) is -0.723. The van der Waals surface area contributed by atoms with Gasteiger partial charge in [-0.05, 0) is 24.3 Å². The van der Waals surface area contributed by atoms with E-state index < -0.39 is 22.0 Å². The van der Waals surface area contributed by atoms with Gasteiger partial charge in [-0.2, -0.15) is 4.31 Å². The van der Waals surface area contributed by atoms with E-state index in [0.717, 1.165) is 4.31 Å². The molecule has 0 saturated carbocycles. The quantitative estimate of drug-likeness (QED) is 0.867. The zero-order valence-corrected chi connectivity index (χ0v) is 14.0. The maximum absolute atomic E-state index is 12.9. The highest BCUT2D eigenvalue weighted by Gasteiger charge is 2.41. The van der Waals surface area contributed by atoms with E-state index in [1.807, 2.05) is 0 Å². The Morgan fingerprint density at radius 1 is 1.33 bits per heavy atom. The van der Waals surface area contributed by atoms with Crippen molar-refractivity contribution >= 4 is 16.0 Å². The first-order valence-corrected chi connectivity index (χ1v) is 8.66. The van der Waals surface area contributed by atoms with Crippen LogP contribution in [-0.2, 0) is 34.8 Å². The van der Waals surface area contributed by atoms with E-state index in [4.69, 9.17) is 4.74 Å². The van der Waals surface area contributed by atoms with Gasteiger partial charge in [0.15, 0.2) is 0 Å². The number of sulfonamides is 1. The molecule has 0 radical (unpaired) electrons. The average Bonchev–Trinajstić information content (AvgIpc) is 2.94. The Kier molecular flexibility index (Phi) is 4.06. The van der Waals surface area contributed by atoms with Gasteiger partial charge in [0.2, 0.25) is 10.0 Å². The first-order valence-electron chi connectivity index (χ1n) is 7.22. The standard InChI is InChI=1S/C15H17N3O5S/c1-17-9-16-12-7-13(15(19)20)18(8-14(12)17)24(21,22)11-5-3-10(23-2)4-6-11/h3-6,9,13H,7-8H2,1-2H3,(H,19,20)/t13-/m1/s1. The van der Waals surface area contributed by atoms with Crippen LogP contribution in [0.5, 0.6) is 5.75 Å². The molecule has 9 heteroatoms. The number of rotatable bonds is 4. The Hall–Kier alpha value is -2.39. The number of benzene rings is 1. The molecule has 1 aromatic carbocycles. The van der Waals surface area contributed by atoms with Crippen molar-refractivity contribution in [2.24, 2.45) is 7.05 Å². The fourth-order valence-corrected chi connectivity index (χ4v) is 4.31. The summed E-state index contributed by atoms with van der Waals surface area (Å²) in [6.07, 6.45) is 1.61. The van der Waals surface area contributed by atoms with E-state index in [0.29, 0.717) is 17.1 Å². The molecule has 0 bridgehead atoms. The van der Waals surface area contributed by atoms with Crippen LogP contribution in [0.2, 0.25) is 0 Å². The molecule has 0 aliphatic carbocycles. The number of methoxy groups -OCH3 is 1. The van der Waals surface area contributed by atoms with Gasteiger partial charge in [-0.25, -0.2) is 13.4 Å². The van der Waals surface area contributed by atoms with Crippen LogP contribution in [0.4, 0.5) is 0 Å². The molecule has 128 valence electrons. The number of hydrogen-bond acceptors (Lipinski definition) is 5. The van der Waals surface area contributed by atoms with Crippen molar-refractivity contribution in [2.45, 2.75) is 23.9 Å². The topological polar surface area (TPSA) is 102 Å². The number of ether oxygens (including phenoxy) is 1. The van der Waals surface area contributed by atoms with Crippen LogP contribution in [-0.4, -0.2) is 46.5 Å². The molecule has 1 atom stereocenters. The Morgan fingerprint density at radius 2 is 2.00 bits per heavy atom. The van der Waals surface area contributed by atoms with E-state index in [9.17, 15) is 18.3 Å². The first kappa shape index (κ1) is 16.5. The molecule has 0 unspecified atom stereocenters. The number of carboxylic acids is 1. The van der Waals surface area contributed by atoms with Crippen molar-refractivity contribution < 1.29 is 23.1 Å². The number of imidazole rings is 1. The second-order valence-corrected chi connectivity index (χ2v) is 7.42. The molecule has 2 heterocycles. The zero-order chi connectivity index (χ0) is 17.5. The van der Waals surface area contributed by atoms with Crippen molar-refractivity contribution in [2.75, 3.05) is 7.11 Å². The summed E-state index contributed by atoms with van der Waals surface area (Å²) in [5.41, 5.74) is 1.32. The lowest BCUT2D eigenvalue weighted by atomic mass is 10.1. The van der Waals surface area contributed by atoms with Crippen LogP contribution in [0.25, 0.3) is 0 Å². The Bertz CT molecular complexity index is 873. The molecule has 0 amide bonds. The number of nitrogens with zero attached hydrogens (tertiary/aromatic N) is 3. The fraction of sp³-hybridized carbons (Fsp3) is 0.333. The highest BCUT2D eigenvalue weighted by atomic mass is 32.2. The predicted molar refractivity (Wildman–Crippen MR) is 84.1 cm³/mol. The summed E-state index contributed by atoms with van der Waals surface area (Å²) in [6.45, 7) is -0.0306. The third-order valence-electron chi connectivity index (χ3n) is 4.14. The summed E-state index contributed by atoms with van der Waals surface area (Å²) in [5.74, 6) is -0.667. The molecule has 1 aliphatic rings. The minimum atomic E-state index is -3.96. The molecule has 8 nitrogen and oxygen atoms in total. The number of fused-ring (bicyclic) bond motifs is 1. The summed E-state index contributed by atoms with van der Waals surface area (Å²) < 4.78 is 33.6. The number of aliphatic carboxylic acids is 1. The molecule has 0 spiro atoms. The van der Waals surface area contributed by atoms with Crippen LogP contribution < -0.4 is 4.74 Å². The molecule has 0 fully saturated rings. The van der Waals surface area contributed by atoms with Crippen LogP contribution in [0.1, 0.15) is 11.4 Å². The first-order chi connectivity index (χ1) is 11.3. The largest absolute Gasteiger partial charge is 0.497 e. The molecule has 3 rings (SSSR count). The lowest BCUT2D eigenvalue weighted by Crippen LogP contribution is -2.48. The van der Waals surface area contributed by atoms with Crippen molar-refractivity contribution in [1.82, 2.24) is 13.9 Å². The van der Waals surface area contributed by atoms with Gasteiger partial charge in [0.1, 0.15) is 11.8 Å². The molecule has 0 saturated heterocycles. The van der Waals surface area contributed by atoms with Crippen molar-refractivity contribution in [3.05, 3.63) is 42.0 Å². The predicted octanol–water partition coefficient (Wildman–Crippen LogP) is 0.629. The van der Waals surface area contributed by atoms with E-state index in [-0.39, 0.29) is 17.9 Å². The van der Waals surface area contributed by atoms with E-state index in [1.54, 1.807) is 17.9 Å². The maximum atomic E-state index is 12.9. The lowest BCUT2D eigenvalue weighted by Gasteiger charge is -2.32. The number of aromatic nitrogens is 2. The van der Waals surface area contributed by atoms with Gasteiger partial charge >= 0.3 is 5.97 Å². The number of hydrogen-bond donors (Lipinski definition) is 1. The highest BCUT2D eigenvalue weighted by molar-refractivity contribution is 7.89. The van der Waals surface area contributed by atoms with Crippen LogP contribution in [0.3, 0.4) is 0 Å². The van der Waals surface area contributed by atoms with Crippen molar-refractivity contribution in [3.8, 4) is 5.75 Å². The average molecular weight is 351 g/mol. The fourth-order valence-electron chi connectivity index (χ4n) is 2.77. The zero-order valence-electron chi connectivity index (χ0n) is 13.2. The second-order valence-electron chi connectivity index (χ2n) is 5.53. The SMILES string of the molecule is COc1ccc(S(=O)(=O)N2Cc3c(ncn3C)C[C@@H]2C(=O)O)cc1. The smallest absolute Gasteiger partial charge is 0.322 e. The number of aryl methyl sites for hydroxylation is 1. The second kappa shape index (κ2) is 5.91. The maximum Gasteiger partial charge on any atom is 0.322 e. The normalized spacial score (nSPS) is 18.2. The summed E-state index contributed by atoms with van der Waals surface area (Å²) in [5, 5.41) is 9.47. The molecular formula is C15H17N3O5S. The Morgan fingerprint density at radius 3 is 2.58 bits per heavy atom. The summed E-state index contributed by atoms with van der Waals surface area (Å²) in [4.78, 5) is 15.8. The van der Waals surface area contributed by atoms with Crippen LogP contribution in [0.15, 0.2) is 35.5 Å². The van der Waals surface area contributed by atoms with Gasteiger partial charge in [0.25, 0.3) is 0 Å². The lowest BCUT2D eigenvalue weighted by molar-refractivity contribution is -0.141. The molecule has 1 aromatic heterocycles. The van der Waals surface area contributed by atoms with Gasteiger partial charge in [0, 0.05) is 13.5 Å². The third-order valence-corrected chi connectivity index (χ3v) is 6.01. The minimum absolute atomic E-state index is 0.0279. The van der Waals surface area contributed by atoms with Gasteiger partial charge in [-0.15, -0.1) is 0 Å². The van der Waals surface area contributed by atoms with Crippen molar-refractivity contribution in [1.29, 1.82) is 0 Å². The summed E-state index contributed by atoms with van der Waals surface area (Å²) in [6, 6.07) is 4.70. The Labute approximate surface area is 139 Å². The monoisotopic (exact) mass is 351 g/mol. The molecule has 24 heavy (non-hydrogen) atoms. The van der Waals surface area contributed by atoms with Crippen LogP contribution >= 0.6 is 0 Å². The molecular weight excluding hydrogens is 334 g/mol. The molecule has 2 aromatic rings. The molecule has 1 aliphatic heterocycles.